The normalized spacial score (nSPS) is 13.9. The highest BCUT2D eigenvalue weighted by molar-refractivity contribution is 6.03. The molecule has 0 saturated heterocycles. The molecule has 2 heterocycles. The standard InChI is InChI=1S/C20H19N5O2/c26-19-12-21-16-8-7-15(11-17(16)23-19)20(27)24-18(13-25-10-4-9-22-25)14-5-2-1-3-6-14/h1-11,18,21H,12-13H2,(H,23,26)(H,24,27)/t18-/m0/s1. The molecule has 27 heavy (non-hydrogen) atoms. The largest absolute Gasteiger partial charge is 0.374 e. The molecule has 1 atom stereocenters. The Morgan fingerprint density at radius 1 is 1.15 bits per heavy atom. The van der Waals surface area contributed by atoms with Gasteiger partial charge in [-0.3, -0.25) is 14.3 Å². The van der Waals surface area contributed by atoms with E-state index in [1.807, 2.05) is 42.6 Å². The van der Waals surface area contributed by atoms with Crippen molar-refractivity contribution in [1.82, 2.24) is 15.1 Å². The SMILES string of the molecule is O=C1CNc2ccc(C(=O)N[C@@H](Cn3cccn3)c3ccccc3)cc2N1. The lowest BCUT2D eigenvalue weighted by Gasteiger charge is -2.21. The van der Waals surface area contributed by atoms with Gasteiger partial charge in [-0.25, -0.2) is 0 Å². The highest BCUT2D eigenvalue weighted by Gasteiger charge is 2.19. The summed E-state index contributed by atoms with van der Waals surface area (Å²) < 4.78 is 1.79. The lowest BCUT2D eigenvalue weighted by molar-refractivity contribution is -0.114. The van der Waals surface area contributed by atoms with E-state index in [0.29, 0.717) is 17.8 Å². The molecule has 0 bridgehead atoms. The number of benzene rings is 2. The van der Waals surface area contributed by atoms with Crippen LogP contribution in [0, 0.1) is 0 Å². The second kappa shape index (κ2) is 7.33. The van der Waals surface area contributed by atoms with E-state index >= 15 is 0 Å². The van der Waals surface area contributed by atoms with Gasteiger partial charge in [0.2, 0.25) is 5.91 Å². The fraction of sp³-hybridized carbons (Fsp3) is 0.150. The van der Waals surface area contributed by atoms with Crippen LogP contribution in [0.1, 0.15) is 22.0 Å². The average Bonchev–Trinajstić information content (AvgIpc) is 3.20. The molecule has 4 rings (SSSR count). The quantitative estimate of drug-likeness (QED) is 0.651. The van der Waals surface area contributed by atoms with Gasteiger partial charge in [-0.15, -0.1) is 0 Å². The van der Waals surface area contributed by atoms with Gasteiger partial charge < -0.3 is 16.0 Å². The predicted molar refractivity (Wildman–Crippen MR) is 102 cm³/mol. The first-order chi connectivity index (χ1) is 13.2. The summed E-state index contributed by atoms with van der Waals surface area (Å²) >= 11 is 0. The number of aromatic nitrogens is 2. The fourth-order valence-corrected chi connectivity index (χ4v) is 3.07. The Morgan fingerprint density at radius 2 is 2.00 bits per heavy atom. The molecule has 0 radical (unpaired) electrons. The van der Waals surface area contributed by atoms with Crippen LogP contribution in [0.4, 0.5) is 11.4 Å². The van der Waals surface area contributed by atoms with Crippen LogP contribution in [0.15, 0.2) is 67.0 Å². The van der Waals surface area contributed by atoms with Crippen LogP contribution in [-0.4, -0.2) is 28.1 Å². The summed E-state index contributed by atoms with van der Waals surface area (Å²) in [7, 11) is 0. The fourth-order valence-electron chi connectivity index (χ4n) is 3.07. The number of fused-ring (bicyclic) bond motifs is 1. The van der Waals surface area contributed by atoms with Crippen molar-refractivity contribution in [3.05, 3.63) is 78.1 Å². The van der Waals surface area contributed by atoms with Crippen molar-refractivity contribution in [2.75, 3.05) is 17.2 Å². The van der Waals surface area contributed by atoms with Gasteiger partial charge in [0.15, 0.2) is 0 Å². The number of anilines is 2. The van der Waals surface area contributed by atoms with Gasteiger partial charge in [-0.1, -0.05) is 30.3 Å². The van der Waals surface area contributed by atoms with Gasteiger partial charge in [-0.2, -0.15) is 5.10 Å². The molecule has 3 aromatic rings. The number of amides is 2. The van der Waals surface area contributed by atoms with Crippen molar-refractivity contribution >= 4 is 23.2 Å². The summed E-state index contributed by atoms with van der Waals surface area (Å²) in [6, 6.07) is 16.6. The molecular formula is C20H19N5O2. The summed E-state index contributed by atoms with van der Waals surface area (Å²) in [6.45, 7) is 0.754. The zero-order chi connectivity index (χ0) is 18.6. The molecule has 7 nitrogen and oxygen atoms in total. The van der Waals surface area contributed by atoms with Gasteiger partial charge in [0, 0.05) is 18.0 Å². The lowest BCUT2D eigenvalue weighted by Crippen LogP contribution is -2.32. The van der Waals surface area contributed by atoms with Crippen LogP contribution >= 0.6 is 0 Å². The van der Waals surface area contributed by atoms with E-state index in [1.54, 1.807) is 29.1 Å². The number of hydrogen-bond donors (Lipinski definition) is 3. The van der Waals surface area contributed by atoms with Crippen molar-refractivity contribution < 1.29 is 9.59 Å². The molecular weight excluding hydrogens is 342 g/mol. The number of rotatable bonds is 5. The molecule has 2 aromatic carbocycles. The van der Waals surface area contributed by atoms with Crippen LogP contribution in [0.2, 0.25) is 0 Å². The van der Waals surface area contributed by atoms with E-state index in [9.17, 15) is 9.59 Å². The van der Waals surface area contributed by atoms with Crippen molar-refractivity contribution in [2.45, 2.75) is 12.6 Å². The number of nitrogens with zero attached hydrogens (tertiary/aromatic N) is 2. The Kier molecular flexibility index (Phi) is 4.57. The van der Waals surface area contributed by atoms with Gasteiger partial charge in [0.05, 0.1) is 30.5 Å². The summed E-state index contributed by atoms with van der Waals surface area (Å²) in [5.41, 5.74) is 2.90. The maximum absolute atomic E-state index is 12.9. The summed E-state index contributed by atoms with van der Waals surface area (Å²) in [5, 5.41) is 13.1. The number of carbonyl (C=O) groups excluding carboxylic acids is 2. The molecule has 0 aliphatic carbocycles. The first kappa shape index (κ1) is 16.8. The van der Waals surface area contributed by atoms with Crippen molar-refractivity contribution in [3.63, 3.8) is 0 Å². The molecule has 7 heteroatoms. The number of hydrogen-bond acceptors (Lipinski definition) is 4. The Morgan fingerprint density at radius 3 is 2.78 bits per heavy atom. The molecule has 0 fully saturated rings. The third-order valence-corrected chi connectivity index (χ3v) is 4.43. The molecule has 136 valence electrons. The summed E-state index contributed by atoms with van der Waals surface area (Å²) in [6.07, 6.45) is 3.57. The topological polar surface area (TPSA) is 88.1 Å². The summed E-state index contributed by atoms with van der Waals surface area (Å²) in [5.74, 6) is -0.334. The third kappa shape index (κ3) is 3.82. The van der Waals surface area contributed by atoms with Crippen LogP contribution < -0.4 is 16.0 Å². The van der Waals surface area contributed by atoms with E-state index in [-0.39, 0.29) is 24.4 Å². The molecule has 1 aliphatic heterocycles. The van der Waals surface area contributed by atoms with Crippen LogP contribution in [0.25, 0.3) is 0 Å². The number of nitrogens with one attached hydrogen (secondary N) is 3. The first-order valence-corrected chi connectivity index (χ1v) is 8.70. The first-order valence-electron chi connectivity index (χ1n) is 8.70. The smallest absolute Gasteiger partial charge is 0.251 e. The predicted octanol–water partition coefficient (Wildman–Crippen LogP) is 2.42. The molecule has 2 amide bonds. The molecule has 0 saturated carbocycles. The van der Waals surface area contributed by atoms with Crippen molar-refractivity contribution in [2.24, 2.45) is 0 Å². The maximum Gasteiger partial charge on any atom is 0.251 e. The van der Waals surface area contributed by atoms with Gasteiger partial charge in [0.25, 0.3) is 5.91 Å². The third-order valence-electron chi connectivity index (χ3n) is 4.43. The van der Waals surface area contributed by atoms with Crippen LogP contribution in [0.3, 0.4) is 0 Å². The Labute approximate surface area is 156 Å². The molecule has 1 aromatic heterocycles. The lowest BCUT2D eigenvalue weighted by atomic mass is 10.1. The van der Waals surface area contributed by atoms with Crippen LogP contribution in [0.5, 0.6) is 0 Å². The van der Waals surface area contributed by atoms with E-state index < -0.39 is 0 Å². The molecule has 0 spiro atoms. The zero-order valence-corrected chi connectivity index (χ0v) is 14.6. The van der Waals surface area contributed by atoms with E-state index in [0.717, 1.165) is 11.3 Å². The van der Waals surface area contributed by atoms with E-state index in [2.05, 4.69) is 21.0 Å². The van der Waals surface area contributed by atoms with Crippen molar-refractivity contribution in [1.29, 1.82) is 0 Å². The molecule has 3 N–H and O–H groups in total. The molecule has 0 unspecified atom stereocenters. The molecule has 1 aliphatic rings. The minimum Gasteiger partial charge on any atom is -0.374 e. The van der Waals surface area contributed by atoms with Crippen LogP contribution in [-0.2, 0) is 11.3 Å². The Hall–Kier alpha value is -3.61. The number of carbonyl (C=O) groups is 2. The monoisotopic (exact) mass is 361 g/mol. The highest BCUT2D eigenvalue weighted by atomic mass is 16.2. The summed E-state index contributed by atoms with van der Waals surface area (Å²) in [4.78, 5) is 24.4. The van der Waals surface area contributed by atoms with E-state index in [4.69, 9.17) is 0 Å². The minimum absolute atomic E-state index is 0.124. The average molecular weight is 361 g/mol. The highest BCUT2D eigenvalue weighted by Crippen LogP contribution is 2.26. The maximum atomic E-state index is 12.9. The van der Waals surface area contributed by atoms with E-state index in [1.165, 1.54) is 0 Å². The van der Waals surface area contributed by atoms with Crippen molar-refractivity contribution in [3.8, 4) is 0 Å². The Bertz CT molecular complexity index is 954. The minimum atomic E-state index is -0.234. The van der Waals surface area contributed by atoms with Gasteiger partial charge >= 0.3 is 0 Å². The van der Waals surface area contributed by atoms with Gasteiger partial charge in [-0.05, 0) is 29.8 Å². The second-order valence-corrected chi connectivity index (χ2v) is 6.33. The Balaban J connectivity index is 1.56. The second-order valence-electron chi connectivity index (χ2n) is 6.33. The zero-order valence-electron chi connectivity index (χ0n) is 14.6. The van der Waals surface area contributed by atoms with Gasteiger partial charge in [0.1, 0.15) is 0 Å².